The van der Waals surface area contributed by atoms with Crippen LogP contribution >= 0.6 is 0 Å². The van der Waals surface area contributed by atoms with E-state index in [-0.39, 0.29) is 11.9 Å². The molecule has 4 nitrogen and oxygen atoms in total. The highest BCUT2D eigenvalue weighted by molar-refractivity contribution is 6.13. The van der Waals surface area contributed by atoms with Gasteiger partial charge in [0.2, 0.25) is 0 Å². The fraction of sp³-hybridized carbons (Fsp3) is 0.200. The molecule has 0 spiro atoms. The van der Waals surface area contributed by atoms with Gasteiger partial charge in [0.25, 0.3) is 0 Å². The summed E-state index contributed by atoms with van der Waals surface area (Å²) in [5.74, 6) is 0.207. The van der Waals surface area contributed by atoms with E-state index >= 15 is 0 Å². The second-order valence-electron chi connectivity index (χ2n) is 5.87. The second-order valence-corrected chi connectivity index (χ2v) is 5.87. The first kappa shape index (κ1) is 16.0. The lowest BCUT2D eigenvalue weighted by molar-refractivity contribution is -0.132. The molecule has 0 bridgehead atoms. The molecule has 0 saturated carbocycles. The van der Waals surface area contributed by atoms with Gasteiger partial charge in [0, 0.05) is 35.4 Å². The molecule has 122 valence electrons. The second kappa shape index (κ2) is 5.96. The van der Waals surface area contributed by atoms with Crippen LogP contribution in [0.25, 0.3) is 21.5 Å². The fourth-order valence-electron chi connectivity index (χ4n) is 2.87. The molecule has 0 amide bonds. The van der Waals surface area contributed by atoms with Crippen molar-refractivity contribution in [3.05, 3.63) is 47.5 Å². The van der Waals surface area contributed by atoms with Crippen molar-refractivity contribution in [1.29, 1.82) is 0 Å². The van der Waals surface area contributed by atoms with Crippen LogP contribution in [0.2, 0.25) is 0 Å². The summed E-state index contributed by atoms with van der Waals surface area (Å²) in [6, 6.07) is 11.4. The highest BCUT2D eigenvalue weighted by Gasteiger charge is 2.19. The number of rotatable bonds is 2. The summed E-state index contributed by atoms with van der Waals surface area (Å²) in [6.45, 7) is 6.74. The molecule has 0 aliphatic carbocycles. The summed E-state index contributed by atoms with van der Waals surface area (Å²) in [7, 11) is 0. The van der Waals surface area contributed by atoms with Crippen molar-refractivity contribution in [3.8, 4) is 11.5 Å². The summed E-state index contributed by atoms with van der Waals surface area (Å²) >= 11 is 0. The molecule has 0 atom stereocenters. The van der Waals surface area contributed by atoms with E-state index in [1.807, 2.05) is 50.2 Å². The third-order valence-corrected chi connectivity index (χ3v) is 4.03. The van der Waals surface area contributed by atoms with Gasteiger partial charge >= 0.3 is 11.9 Å². The number of carbonyl (C=O) groups is 2. The number of aryl methyl sites for hydroxylation is 2. The van der Waals surface area contributed by atoms with Crippen LogP contribution in [0.5, 0.6) is 11.5 Å². The Hall–Kier alpha value is -2.88. The molecule has 0 saturated heterocycles. The van der Waals surface area contributed by atoms with E-state index in [0.29, 0.717) is 11.5 Å². The average Bonchev–Trinajstić information content (AvgIpc) is 2.52. The topological polar surface area (TPSA) is 52.6 Å². The molecular formula is C20H18O4. The molecule has 4 heteroatoms. The normalized spacial score (nSPS) is 10.8. The molecule has 0 N–H and O–H groups in total. The van der Waals surface area contributed by atoms with Gasteiger partial charge in [0.1, 0.15) is 11.5 Å². The third-order valence-electron chi connectivity index (χ3n) is 4.03. The summed E-state index contributed by atoms with van der Waals surface area (Å²) < 4.78 is 11.0. The van der Waals surface area contributed by atoms with Gasteiger partial charge in [-0.05, 0) is 37.1 Å². The van der Waals surface area contributed by atoms with Gasteiger partial charge in [-0.1, -0.05) is 24.3 Å². The monoisotopic (exact) mass is 322 g/mol. The predicted octanol–water partition coefficient (Wildman–Crippen LogP) is 4.46. The summed E-state index contributed by atoms with van der Waals surface area (Å²) in [4.78, 5) is 23.2. The van der Waals surface area contributed by atoms with Gasteiger partial charge in [-0.3, -0.25) is 9.59 Å². The zero-order chi connectivity index (χ0) is 17.4. The van der Waals surface area contributed by atoms with Crippen LogP contribution in [0.3, 0.4) is 0 Å². The molecule has 0 fully saturated rings. The van der Waals surface area contributed by atoms with E-state index in [2.05, 4.69) is 0 Å². The standard InChI is InChI=1S/C20H18O4/c1-11-9-17-18(10-12(11)2)20(24-14(4)22)16-8-6-5-7-15(16)19(17)23-13(3)21/h5-10H,1-4H3. The Bertz CT molecular complexity index is 906. The van der Waals surface area contributed by atoms with Gasteiger partial charge in [-0.15, -0.1) is 0 Å². The molecule has 0 heterocycles. The molecule has 0 radical (unpaired) electrons. The quantitative estimate of drug-likeness (QED) is 0.397. The Balaban J connectivity index is 2.53. The van der Waals surface area contributed by atoms with Crippen molar-refractivity contribution in [1.82, 2.24) is 0 Å². The van der Waals surface area contributed by atoms with E-state index in [0.717, 1.165) is 32.7 Å². The zero-order valence-electron chi connectivity index (χ0n) is 14.1. The Morgan fingerprint density at radius 2 is 1.08 bits per heavy atom. The maximum Gasteiger partial charge on any atom is 0.308 e. The van der Waals surface area contributed by atoms with Crippen LogP contribution in [-0.4, -0.2) is 11.9 Å². The molecule has 0 aromatic heterocycles. The largest absolute Gasteiger partial charge is 0.425 e. The Labute approximate surface area is 140 Å². The molecule has 3 aromatic rings. The minimum atomic E-state index is -0.389. The number of hydrogen-bond donors (Lipinski definition) is 0. The van der Waals surface area contributed by atoms with Crippen LogP contribution in [0.4, 0.5) is 0 Å². The highest BCUT2D eigenvalue weighted by Crippen LogP contribution is 2.43. The molecule has 3 aromatic carbocycles. The SMILES string of the molecule is CC(=O)Oc1c2ccccc2c(OC(C)=O)c2cc(C)c(C)cc12. The van der Waals surface area contributed by atoms with E-state index in [4.69, 9.17) is 9.47 Å². The van der Waals surface area contributed by atoms with Crippen molar-refractivity contribution in [2.45, 2.75) is 27.7 Å². The average molecular weight is 322 g/mol. The number of carbonyl (C=O) groups excluding carboxylic acids is 2. The maximum absolute atomic E-state index is 11.6. The lowest BCUT2D eigenvalue weighted by Gasteiger charge is -2.16. The summed E-state index contributed by atoms with van der Waals surface area (Å²) in [5.41, 5.74) is 2.14. The van der Waals surface area contributed by atoms with Crippen LogP contribution in [0, 0.1) is 13.8 Å². The summed E-state index contributed by atoms with van der Waals surface area (Å²) in [6.07, 6.45) is 0. The Morgan fingerprint density at radius 1 is 0.708 bits per heavy atom. The Kier molecular flexibility index (Phi) is 3.97. The number of hydrogen-bond acceptors (Lipinski definition) is 4. The zero-order valence-corrected chi connectivity index (χ0v) is 14.1. The minimum absolute atomic E-state index is 0.389. The third kappa shape index (κ3) is 2.71. The lowest BCUT2D eigenvalue weighted by Crippen LogP contribution is -2.06. The van der Waals surface area contributed by atoms with Crippen LogP contribution in [0.15, 0.2) is 36.4 Å². The van der Waals surface area contributed by atoms with Gasteiger partial charge in [0.15, 0.2) is 0 Å². The number of benzene rings is 3. The molecule has 0 aliphatic rings. The van der Waals surface area contributed by atoms with Gasteiger partial charge in [0.05, 0.1) is 0 Å². The number of esters is 2. The predicted molar refractivity (Wildman–Crippen MR) is 93.5 cm³/mol. The van der Waals surface area contributed by atoms with Gasteiger partial charge in [-0.25, -0.2) is 0 Å². The van der Waals surface area contributed by atoms with E-state index in [1.54, 1.807) is 0 Å². The maximum atomic E-state index is 11.6. The Morgan fingerprint density at radius 3 is 1.42 bits per heavy atom. The van der Waals surface area contributed by atoms with Crippen molar-refractivity contribution in [2.75, 3.05) is 0 Å². The first-order valence-corrected chi connectivity index (χ1v) is 7.71. The van der Waals surface area contributed by atoms with Crippen LogP contribution in [-0.2, 0) is 9.59 Å². The van der Waals surface area contributed by atoms with E-state index < -0.39 is 0 Å². The minimum Gasteiger partial charge on any atom is -0.425 e. The number of ether oxygens (including phenoxy) is 2. The molecule has 0 aliphatic heterocycles. The summed E-state index contributed by atoms with van der Waals surface area (Å²) in [5, 5.41) is 2.98. The smallest absolute Gasteiger partial charge is 0.308 e. The van der Waals surface area contributed by atoms with Crippen molar-refractivity contribution in [3.63, 3.8) is 0 Å². The molecule has 0 unspecified atom stereocenters. The molecular weight excluding hydrogens is 304 g/mol. The van der Waals surface area contributed by atoms with Crippen LogP contribution in [0.1, 0.15) is 25.0 Å². The number of fused-ring (bicyclic) bond motifs is 2. The van der Waals surface area contributed by atoms with Crippen molar-refractivity contribution < 1.29 is 19.1 Å². The van der Waals surface area contributed by atoms with E-state index in [1.165, 1.54) is 13.8 Å². The highest BCUT2D eigenvalue weighted by atomic mass is 16.5. The fourth-order valence-corrected chi connectivity index (χ4v) is 2.87. The molecule has 24 heavy (non-hydrogen) atoms. The first-order chi connectivity index (χ1) is 11.4. The lowest BCUT2D eigenvalue weighted by atomic mass is 9.96. The van der Waals surface area contributed by atoms with Crippen molar-refractivity contribution in [2.24, 2.45) is 0 Å². The van der Waals surface area contributed by atoms with Crippen LogP contribution < -0.4 is 9.47 Å². The first-order valence-electron chi connectivity index (χ1n) is 7.71. The van der Waals surface area contributed by atoms with Gasteiger partial charge < -0.3 is 9.47 Å². The molecule has 3 rings (SSSR count). The van der Waals surface area contributed by atoms with E-state index in [9.17, 15) is 9.59 Å². The van der Waals surface area contributed by atoms with Gasteiger partial charge in [-0.2, -0.15) is 0 Å². The van der Waals surface area contributed by atoms with Crippen molar-refractivity contribution >= 4 is 33.5 Å².